The van der Waals surface area contributed by atoms with Crippen LogP contribution in [-0.2, 0) is 20.1 Å². The minimum atomic E-state index is -0.782. The number of carboxylic acids is 1. The average Bonchev–Trinajstić information content (AvgIpc) is 2.44. The van der Waals surface area contributed by atoms with E-state index < -0.39 is 5.97 Å². The molecule has 1 atom stereocenters. The highest BCUT2D eigenvalue weighted by atomic mass is 32.2. The van der Waals surface area contributed by atoms with Crippen molar-refractivity contribution in [3.63, 3.8) is 0 Å². The standard InChI is InChI=1S/C15H21NO4S/c1-11(9-20-2)15(19)16-13-5-3-4-12(8-13)10-21-7-6-14(17)18/h3-5,8,11H,6-7,9-10H2,1-2H3,(H,16,19)(H,17,18). The quantitative estimate of drug-likeness (QED) is 0.686. The van der Waals surface area contributed by atoms with E-state index in [2.05, 4.69) is 5.32 Å². The van der Waals surface area contributed by atoms with Crippen LogP contribution < -0.4 is 5.32 Å². The van der Waals surface area contributed by atoms with Gasteiger partial charge in [0.05, 0.1) is 18.9 Å². The van der Waals surface area contributed by atoms with Crippen molar-refractivity contribution in [2.45, 2.75) is 19.1 Å². The number of thioether (sulfide) groups is 1. The van der Waals surface area contributed by atoms with Crippen LogP contribution in [0.3, 0.4) is 0 Å². The Bertz CT molecular complexity index is 478. The van der Waals surface area contributed by atoms with Gasteiger partial charge in [-0.15, -0.1) is 0 Å². The third kappa shape index (κ3) is 7.15. The van der Waals surface area contributed by atoms with E-state index in [0.29, 0.717) is 12.4 Å². The van der Waals surface area contributed by atoms with Gasteiger partial charge >= 0.3 is 5.97 Å². The molecule has 1 aromatic carbocycles. The number of amides is 1. The van der Waals surface area contributed by atoms with Crippen LogP contribution in [0, 0.1) is 5.92 Å². The summed E-state index contributed by atoms with van der Waals surface area (Å²) >= 11 is 1.56. The lowest BCUT2D eigenvalue weighted by molar-refractivity contribution is -0.136. The van der Waals surface area contributed by atoms with Gasteiger partial charge in [0.1, 0.15) is 0 Å². The molecule has 6 heteroatoms. The number of benzene rings is 1. The molecule has 0 aromatic heterocycles. The predicted octanol–water partition coefficient (Wildman–Crippen LogP) is 2.62. The first-order valence-electron chi connectivity index (χ1n) is 6.71. The number of anilines is 1. The molecule has 2 N–H and O–H groups in total. The molecule has 5 nitrogen and oxygen atoms in total. The summed E-state index contributed by atoms with van der Waals surface area (Å²) in [7, 11) is 1.57. The lowest BCUT2D eigenvalue weighted by Gasteiger charge is -2.12. The van der Waals surface area contributed by atoms with Gasteiger partial charge in [0.25, 0.3) is 0 Å². The molecule has 0 heterocycles. The number of aliphatic carboxylic acids is 1. The highest BCUT2D eigenvalue weighted by Crippen LogP contribution is 2.17. The van der Waals surface area contributed by atoms with Crippen LogP contribution in [0.5, 0.6) is 0 Å². The van der Waals surface area contributed by atoms with E-state index in [1.54, 1.807) is 18.9 Å². The Morgan fingerprint density at radius 3 is 2.86 bits per heavy atom. The highest BCUT2D eigenvalue weighted by molar-refractivity contribution is 7.98. The molecular formula is C15H21NO4S. The van der Waals surface area contributed by atoms with E-state index in [0.717, 1.165) is 17.0 Å². The Morgan fingerprint density at radius 1 is 1.43 bits per heavy atom. The number of hydrogen-bond donors (Lipinski definition) is 2. The van der Waals surface area contributed by atoms with Gasteiger partial charge in [-0.1, -0.05) is 19.1 Å². The zero-order valence-electron chi connectivity index (χ0n) is 12.3. The topological polar surface area (TPSA) is 75.6 Å². The van der Waals surface area contributed by atoms with E-state index >= 15 is 0 Å². The molecule has 0 fully saturated rings. The summed E-state index contributed by atoms with van der Waals surface area (Å²) in [6.45, 7) is 2.20. The maximum Gasteiger partial charge on any atom is 0.304 e. The van der Waals surface area contributed by atoms with Gasteiger partial charge in [0.15, 0.2) is 0 Å². The number of carbonyl (C=O) groups excluding carboxylic acids is 1. The maximum atomic E-state index is 11.9. The van der Waals surface area contributed by atoms with Crippen LogP contribution in [0.25, 0.3) is 0 Å². The predicted molar refractivity (Wildman–Crippen MR) is 84.5 cm³/mol. The molecule has 0 radical (unpaired) electrons. The zero-order valence-corrected chi connectivity index (χ0v) is 13.1. The van der Waals surface area contributed by atoms with Gasteiger partial charge in [0.2, 0.25) is 5.91 Å². The molecular weight excluding hydrogens is 290 g/mol. The van der Waals surface area contributed by atoms with Crippen molar-refractivity contribution in [1.29, 1.82) is 0 Å². The number of ether oxygens (including phenoxy) is 1. The lowest BCUT2D eigenvalue weighted by atomic mass is 10.1. The van der Waals surface area contributed by atoms with E-state index in [4.69, 9.17) is 9.84 Å². The van der Waals surface area contributed by atoms with Crippen molar-refractivity contribution in [3.8, 4) is 0 Å². The molecule has 0 saturated carbocycles. The Hall–Kier alpha value is -1.53. The van der Waals surface area contributed by atoms with Crippen LogP contribution in [0.1, 0.15) is 18.9 Å². The molecule has 0 spiro atoms. The summed E-state index contributed by atoms with van der Waals surface area (Å²) in [5.74, 6) is 0.244. The molecule has 1 unspecified atom stereocenters. The second kappa shape index (κ2) is 9.41. The number of methoxy groups -OCH3 is 1. The largest absolute Gasteiger partial charge is 0.481 e. The summed E-state index contributed by atoms with van der Waals surface area (Å²) < 4.78 is 4.96. The van der Waals surface area contributed by atoms with Gasteiger partial charge in [-0.25, -0.2) is 0 Å². The summed E-state index contributed by atoms with van der Waals surface area (Å²) in [6.07, 6.45) is 0.162. The van der Waals surface area contributed by atoms with Crippen molar-refractivity contribution in [2.75, 3.05) is 24.8 Å². The summed E-state index contributed by atoms with van der Waals surface area (Å²) in [6, 6.07) is 7.58. The van der Waals surface area contributed by atoms with Crippen LogP contribution in [0.2, 0.25) is 0 Å². The zero-order chi connectivity index (χ0) is 15.7. The minimum absolute atomic E-state index is 0.0764. The van der Waals surface area contributed by atoms with Crippen LogP contribution in [0.4, 0.5) is 5.69 Å². The van der Waals surface area contributed by atoms with E-state index in [1.807, 2.05) is 31.2 Å². The van der Waals surface area contributed by atoms with Gasteiger partial charge in [-0.3, -0.25) is 9.59 Å². The fourth-order valence-corrected chi connectivity index (χ4v) is 2.56. The van der Waals surface area contributed by atoms with E-state index in [1.165, 1.54) is 0 Å². The number of hydrogen-bond acceptors (Lipinski definition) is 4. The van der Waals surface area contributed by atoms with Crippen LogP contribution >= 0.6 is 11.8 Å². The Kier molecular flexibility index (Phi) is 7.85. The molecule has 0 aliphatic rings. The molecule has 0 bridgehead atoms. The molecule has 0 aliphatic heterocycles. The van der Waals surface area contributed by atoms with E-state index in [9.17, 15) is 9.59 Å². The molecule has 1 amide bonds. The average molecular weight is 311 g/mol. The molecule has 21 heavy (non-hydrogen) atoms. The van der Waals surface area contributed by atoms with Crippen molar-refractivity contribution in [1.82, 2.24) is 0 Å². The number of carboxylic acid groups (broad SMARTS) is 1. The number of rotatable bonds is 9. The first-order chi connectivity index (χ1) is 10.0. The molecule has 1 aromatic rings. The normalized spacial score (nSPS) is 11.9. The first-order valence-corrected chi connectivity index (χ1v) is 7.86. The molecule has 116 valence electrons. The van der Waals surface area contributed by atoms with E-state index in [-0.39, 0.29) is 18.2 Å². The summed E-state index contributed by atoms with van der Waals surface area (Å²) in [4.78, 5) is 22.3. The lowest BCUT2D eigenvalue weighted by Crippen LogP contribution is -2.23. The maximum absolute atomic E-state index is 11.9. The third-order valence-corrected chi connectivity index (χ3v) is 3.82. The fourth-order valence-electron chi connectivity index (χ4n) is 1.68. The third-order valence-electron chi connectivity index (χ3n) is 2.79. The monoisotopic (exact) mass is 311 g/mol. The highest BCUT2D eigenvalue weighted by Gasteiger charge is 2.12. The number of nitrogens with one attached hydrogen (secondary N) is 1. The van der Waals surface area contributed by atoms with Crippen molar-refractivity contribution >= 4 is 29.3 Å². The van der Waals surface area contributed by atoms with Gasteiger partial charge in [-0.05, 0) is 17.7 Å². The number of carbonyl (C=O) groups is 2. The SMILES string of the molecule is COCC(C)C(=O)Nc1cccc(CSCCC(=O)O)c1. The summed E-state index contributed by atoms with van der Waals surface area (Å²) in [5, 5.41) is 11.4. The second-order valence-electron chi connectivity index (χ2n) is 4.74. The Labute approximate surface area is 129 Å². The molecule has 1 rings (SSSR count). The Morgan fingerprint density at radius 2 is 2.19 bits per heavy atom. The van der Waals surface area contributed by atoms with Crippen molar-refractivity contribution in [3.05, 3.63) is 29.8 Å². The van der Waals surface area contributed by atoms with Crippen molar-refractivity contribution in [2.24, 2.45) is 5.92 Å². The molecule has 0 aliphatic carbocycles. The summed E-state index contributed by atoms with van der Waals surface area (Å²) in [5.41, 5.74) is 1.81. The van der Waals surface area contributed by atoms with Gasteiger partial charge in [0, 0.05) is 24.3 Å². The first kappa shape index (κ1) is 17.5. The van der Waals surface area contributed by atoms with Gasteiger partial charge < -0.3 is 15.2 Å². The van der Waals surface area contributed by atoms with Crippen molar-refractivity contribution < 1.29 is 19.4 Å². The van der Waals surface area contributed by atoms with Crippen LogP contribution in [-0.4, -0.2) is 36.5 Å². The molecule has 0 saturated heterocycles. The van der Waals surface area contributed by atoms with Gasteiger partial charge in [-0.2, -0.15) is 11.8 Å². The Balaban J connectivity index is 2.48. The fraction of sp³-hybridized carbons (Fsp3) is 0.467. The smallest absolute Gasteiger partial charge is 0.304 e. The minimum Gasteiger partial charge on any atom is -0.481 e. The second-order valence-corrected chi connectivity index (χ2v) is 5.85. The van der Waals surface area contributed by atoms with Crippen LogP contribution in [0.15, 0.2) is 24.3 Å².